The number of carbonyl (C=O) groups excluding carboxylic acids is 2. The highest BCUT2D eigenvalue weighted by molar-refractivity contribution is 6.05. The Morgan fingerprint density at radius 2 is 2.23 bits per heavy atom. The molecule has 22 heavy (non-hydrogen) atoms. The predicted molar refractivity (Wildman–Crippen MR) is 82.7 cm³/mol. The summed E-state index contributed by atoms with van der Waals surface area (Å²) in [5.74, 6) is 0.242. The van der Waals surface area contributed by atoms with E-state index < -0.39 is 6.04 Å². The fourth-order valence-electron chi connectivity index (χ4n) is 2.67. The van der Waals surface area contributed by atoms with Gasteiger partial charge in [-0.15, -0.1) is 0 Å². The summed E-state index contributed by atoms with van der Waals surface area (Å²) in [6.07, 6.45) is 3.52. The maximum absolute atomic E-state index is 12.3. The van der Waals surface area contributed by atoms with E-state index in [1.165, 1.54) is 0 Å². The zero-order valence-corrected chi connectivity index (χ0v) is 12.3. The van der Waals surface area contributed by atoms with Crippen LogP contribution in [-0.2, 0) is 9.59 Å². The molecule has 2 amide bonds. The van der Waals surface area contributed by atoms with Gasteiger partial charge in [0.1, 0.15) is 6.04 Å². The molecular formula is C16H17N3O3. The van der Waals surface area contributed by atoms with E-state index in [9.17, 15) is 9.59 Å². The molecule has 0 saturated carbocycles. The maximum atomic E-state index is 12.3. The second-order valence-electron chi connectivity index (χ2n) is 5.22. The molecule has 2 heterocycles. The van der Waals surface area contributed by atoms with Crippen LogP contribution in [0.1, 0.15) is 19.3 Å². The normalized spacial score (nSPS) is 17.9. The van der Waals surface area contributed by atoms with Crippen LogP contribution in [0.3, 0.4) is 0 Å². The number of nitrogens with zero attached hydrogens (tertiary/aromatic N) is 1. The van der Waals surface area contributed by atoms with Crippen LogP contribution in [0.25, 0.3) is 10.8 Å². The molecule has 1 saturated heterocycles. The summed E-state index contributed by atoms with van der Waals surface area (Å²) in [5.41, 5.74) is 0.683. The van der Waals surface area contributed by atoms with Crippen LogP contribution in [0.5, 0.6) is 5.88 Å². The quantitative estimate of drug-likeness (QED) is 0.906. The number of fused-ring (bicyclic) bond motifs is 1. The Balaban J connectivity index is 1.87. The highest BCUT2D eigenvalue weighted by Gasteiger charge is 2.25. The lowest BCUT2D eigenvalue weighted by Crippen LogP contribution is -2.46. The van der Waals surface area contributed by atoms with Crippen molar-refractivity contribution in [2.45, 2.75) is 25.3 Å². The molecule has 6 heteroatoms. The first-order valence-corrected chi connectivity index (χ1v) is 7.21. The molecule has 1 aromatic carbocycles. The first-order chi connectivity index (χ1) is 10.7. The molecule has 0 radical (unpaired) electrons. The van der Waals surface area contributed by atoms with Crippen molar-refractivity contribution in [1.29, 1.82) is 0 Å². The van der Waals surface area contributed by atoms with Gasteiger partial charge in [0.2, 0.25) is 17.7 Å². The third-order valence-corrected chi connectivity index (χ3v) is 3.77. The van der Waals surface area contributed by atoms with Gasteiger partial charge < -0.3 is 15.4 Å². The van der Waals surface area contributed by atoms with Crippen molar-refractivity contribution in [2.75, 3.05) is 12.4 Å². The van der Waals surface area contributed by atoms with E-state index in [2.05, 4.69) is 15.6 Å². The molecule has 2 aromatic rings. The van der Waals surface area contributed by atoms with Gasteiger partial charge in [-0.05, 0) is 31.0 Å². The zero-order valence-electron chi connectivity index (χ0n) is 12.3. The van der Waals surface area contributed by atoms with E-state index in [0.717, 1.165) is 17.2 Å². The Bertz CT molecular complexity index is 730. The highest BCUT2D eigenvalue weighted by atomic mass is 16.5. The van der Waals surface area contributed by atoms with E-state index >= 15 is 0 Å². The van der Waals surface area contributed by atoms with Crippen molar-refractivity contribution in [3.8, 4) is 5.88 Å². The van der Waals surface area contributed by atoms with Gasteiger partial charge in [-0.2, -0.15) is 0 Å². The number of carbonyl (C=O) groups is 2. The second-order valence-corrected chi connectivity index (χ2v) is 5.22. The van der Waals surface area contributed by atoms with Crippen LogP contribution in [0.15, 0.2) is 30.5 Å². The molecule has 114 valence electrons. The van der Waals surface area contributed by atoms with Crippen molar-refractivity contribution in [3.05, 3.63) is 30.5 Å². The largest absolute Gasteiger partial charge is 0.481 e. The van der Waals surface area contributed by atoms with Crippen LogP contribution in [0.4, 0.5) is 5.69 Å². The number of nitrogens with one attached hydrogen (secondary N) is 2. The molecule has 1 aliphatic rings. The zero-order chi connectivity index (χ0) is 15.5. The fourth-order valence-corrected chi connectivity index (χ4v) is 2.67. The van der Waals surface area contributed by atoms with E-state index in [-0.39, 0.29) is 11.8 Å². The number of pyridine rings is 1. The topological polar surface area (TPSA) is 80.3 Å². The monoisotopic (exact) mass is 299 g/mol. The number of aromatic nitrogens is 1. The average Bonchev–Trinajstić information content (AvgIpc) is 2.54. The van der Waals surface area contributed by atoms with E-state index in [0.29, 0.717) is 24.4 Å². The van der Waals surface area contributed by atoms with Crippen LogP contribution >= 0.6 is 0 Å². The van der Waals surface area contributed by atoms with E-state index in [4.69, 9.17) is 4.74 Å². The maximum Gasteiger partial charge on any atom is 0.246 e. The summed E-state index contributed by atoms with van der Waals surface area (Å²) in [7, 11) is 1.56. The smallest absolute Gasteiger partial charge is 0.246 e. The third kappa shape index (κ3) is 2.72. The van der Waals surface area contributed by atoms with Gasteiger partial charge in [0.25, 0.3) is 0 Å². The third-order valence-electron chi connectivity index (χ3n) is 3.77. The number of ether oxygens (including phenoxy) is 1. The summed E-state index contributed by atoms with van der Waals surface area (Å²) >= 11 is 0. The number of amides is 2. The summed E-state index contributed by atoms with van der Waals surface area (Å²) in [6.45, 7) is 0. The molecule has 0 spiro atoms. The van der Waals surface area contributed by atoms with Gasteiger partial charge in [0, 0.05) is 29.1 Å². The van der Waals surface area contributed by atoms with Gasteiger partial charge in [0.15, 0.2) is 0 Å². The Morgan fingerprint density at radius 3 is 3.00 bits per heavy atom. The Kier molecular flexibility index (Phi) is 3.91. The molecule has 1 aromatic heterocycles. The molecule has 0 unspecified atom stereocenters. The standard InChI is InChI=1S/C16H17N3O3/c1-22-16-11-4-2-5-12(10(11)8-9-17-16)19-15(21)13-6-3-7-14(20)18-13/h2,4-5,8-9,13H,3,6-7H2,1H3,(H,18,20)(H,19,21)/t13-/m1/s1. The number of hydrogen-bond acceptors (Lipinski definition) is 4. The predicted octanol–water partition coefficient (Wildman–Crippen LogP) is 1.85. The Morgan fingerprint density at radius 1 is 1.36 bits per heavy atom. The van der Waals surface area contributed by atoms with Crippen LogP contribution in [0, 0.1) is 0 Å². The molecular weight excluding hydrogens is 282 g/mol. The summed E-state index contributed by atoms with van der Waals surface area (Å²) in [5, 5.41) is 7.29. The molecule has 1 fully saturated rings. The molecule has 2 N–H and O–H groups in total. The van der Waals surface area contributed by atoms with Gasteiger partial charge in [0.05, 0.1) is 7.11 Å². The summed E-state index contributed by atoms with van der Waals surface area (Å²) in [4.78, 5) is 27.9. The number of rotatable bonds is 3. The Labute approximate surface area is 127 Å². The van der Waals surface area contributed by atoms with Crippen molar-refractivity contribution in [2.24, 2.45) is 0 Å². The minimum Gasteiger partial charge on any atom is -0.481 e. The Hall–Kier alpha value is -2.63. The second kappa shape index (κ2) is 6.01. The number of methoxy groups -OCH3 is 1. The fraction of sp³-hybridized carbons (Fsp3) is 0.312. The number of hydrogen-bond donors (Lipinski definition) is 2. The minimum absolute atomic E-state index is 0.0739. The summed E-state index contributed by atoms with van der Waals surface area (Å²) < 4.78 is 5.24. The molecule has 1 atom stereocenters. The first kappa shape index (κ1) is 14.3. The van der Waals surface area contributed by atoms with Crippen molar-refractivity contribution in [3.63, 3.8) is 0 Å². The van der Waals surface area contributed by atoms with Crippen LogP contribution in [-0.4, -0.2) is 29.9 Å². The first-order valence-electron chi connectivity index (χ1n) is 7.21. The molecule has 0 aliphatic carbocycles. The van der Waals surface area contributed by atoms with Crippen molar-refractivity contribution in [1.82, 2.24) is 10.3 Å². The lowest BCUT2D eigenvalue weighted by Gasteiger charge is -2.22. The number of anilines is 1. The SMILES string of the molecule is COc1nccc2c(NC(=O)[C@H]3CCCC(=O)N3)cccc12. The average molecular weight is 299 g/mol. The van der Waals surface area contributed by atoms with Crippen LogP contribution in [0.2, 0.25) is 0 Å². The van der Waals surface area contributed by atoms with Gasteiger partial charge >= 0.3 is 0 Å². The van der Waals surface area contributed by atoms with E-state index in [1.54, 1.807) is 13.3 Å². The minimum atomic E-state index is -0.472. The number of piperidine rings is 1. The van der Waals surface area contributed by atoms with Crippen molar-refractivity contribution >= 4 is 28.3 Å². The van der Waals surface area contributed by atoms with Gasteiger partial charge in [-0.3, -0.25) is 9.59 Å². The van der Waals surface area contributed by atoms with E-state index in [1.807, 2.05) is 24.3 Å². The van der Waals surface area contributed by atoms with Gasteiger partial charge in [-0.1, -0.05) is 6.07 Å². The highest BCUT2D eigenvalue weighted by Crippen LogP contribution is 2.29. The summed E-state index contributed by atoms with van der Waals surface area (Å²) in [6, 6.07) is 6.90. The molecule has 3 rings (SSSR count). The molecule has 6 nitrogen and oxygen atoms in total. The van der Waals surface area contributed by atoms with Crippen LogP contribution < -0.4 is 15.4 Å². The molecule has 1 aliphatic heterocycles. The van der Waals surface area contributed by atoms with Gasteiger partial charge in [-0.25, -0.2) is 4.98 Å². The lowest BCUT2D eigenvalue weighted by molar-refractivity contribution is -0.128. The number of benzene rings is 1. The van der Waals surface area contributed by atoms with Crippen molar-refractivity contribution < 1.29 is 14.3 Å². The lowest BCUT2D eigenvalue weighted by atomic mass is 10.0. The molecule has 0 bridgehead atoms.